The lowest BCUT2D eigenvalue weighted by atomic mass is 9.70. The minimum atomic E-state index is -0.549. The van der Waals surface area contributed by atoms with E-state index in [1.165, 1.54) is 12.8 Å². The van der Waals surface area contributed by atoms with Gasteiger partial charge in [0.1, 0.15) is 5.75 Å². The van der Waals surface area contributed by atoms with E-state index in [1.54, 1.807) is 0 Å². The van der Waals surface area contributed by atoms with Gasteiger partial charge >= 0.3 is 0 Å². The Bertz CT molecular complexity index is 1300. The fourth-order valence-corrected chi connectivity index (χ4v) is 5.89. The Kier molecular flexibility index (Phi) is 7.28. The summed E-state index contributed by atoms with van der Waals surface area (Å²) in [4.78, 5) is 5.06. The predicted octanol–water partition coefficient (Wildman–Crippen LogP) is 8.66. The first-order valence-electron chi connectivity index (χ1n) is 13.6. The van der Waals surface area contributed by atoms with Crippen LogP contribution >= 0.6 is 0 Å². The van der Waals surface area contributed by atoms with Crippen LogP contribution in [0.15, 0.2) is 108 Å². The molecule has 1 aliphatic rings. The van der Waals surface area contributed by atoms with Gasteiger partial charge in [-0.2, -0.15) is 0 Å². The minimum absolute atomic E-state index is 0.293. The normalized spacial score (nSPS) is 20.2. The summed E-state index contributed by atoms with van der Waals surface area (Å²) >= 11 is 0. The van der Waals surface area contributed by atoms with E-state index in [4.69, 9.17) is 4.99 Å². The van der Waals surface area contributed by atoms with Gasteiger partial charge in [0, 0.05) is 22.8 Å². The van der Waals surface area contributed by atoms with Gasteiger partial charge in [-0.05, 0) is 59.6 Å². The molecule has 0 bridgehead atoms. The lowest BCUT2D eigenvalue weighted by Gasteiger charge is -2.33. The summed E-state index contributed by atoms with van der Waals surface area (Å²) in [5.41, 5.74) is 5.60. The molecule has 0 amide bonds. The van der Waals surface area contributed by atoms with Gasteiger partial charge < -0.3 is 5.11 Å². The molecule has 0 radical (unpaired) electrons. The smallest absolute Gasteiger partial charge is 0.128 e. The van der Waals surface area contributed by atoms with Crippen LogP contribution in [0.25, 0.3) is 11.1 Å². The van der Waals surface area contributed by atoms with Crippen LogP contribution in [0, 0.1) is 11.8 Å². The van der Waals surface area contributed by atoms with Crippen molar-refractivity contribution < 1.29 is 5.11 Å². The van der Waals surface area contributed by atoms with E-state index >= 15 is 0 Å². The predicted molar refractivity (Wildman–Crippen MR) is 156 cm³/mol. The molecule has 2 heteroatoms. The third-order valence-electron chi connectivity index (χ3n) is 8.56. The topological polar surface area (TPSA) is 32.6 Å². The van der Waals surface area contributed by atoms with Gasteiger partial charge in [0.25, 0.3) is 0 Å². The molecule has 5 rings (SSSR count). The van der Waals surface area contributed by atoms with Gasteiger partial charge in [-0.25, -0.2) is 0 Å². The zero-order valence-corrected chi connectivity index (χ0v) is 22.1. The molecule has 0 heterocycles. The number of hydrogen-bond donors (Lipinski definition) is 1. The Balaban J connectivity index is 1.71. The Morgan fingerprint density at radius 3 is 1.92 bits per heavy atom. The van der Waals surface area contributed by atoms with Crippen LogP contribution in [0.4, 0.5) is 0 Å². The summed E-state index contributed by atoms with van der Waals surface area (Å²) in [5.74, 6) is 1.52. The van der Waals surface area contributed by atoms with Crippen molar-refractivity contribution in [2.45, 2.75) is 51.5 Å². The van der Waals surface area contributed by atoms with Crippen molar-refractivity contribution >= 4 is 6.21 Å². The fourth-order valence-electron chi connectivity index (χ4n) is 5.89. The molecule has 0 saturated heterocycles. The van der Waals surface area contributed by atoms with E-state index in [0.717, 1.165) is 39.8 Å². The third kappa shape index (κ3) is 4.98. The van der Waals surface area contributed by atoms with Crippen molar-refractivity contribution in [1.82, 2.24) is 0 Å². The van der Waals surface area contributed by atoms with E-state index in [-0.39, 0.29) is 0 Å². The van der Waals surface area contributed by atoms with Gasteiger partial charge in [-0.1, -0.05) is 118 Å². The number of aromatic hydroxyl groups is 1. The van der Waals surface area contributed by atoms with E-state index in [1.807, 2.05) is 24.4 Å². The molecule has 2 nitrogen and oxygen atoms in total. The molecule has 4 aromatic carbocycles. The van der Waals surface area contributed by atoms with Crippen LogP contribution in [0.3, 0.4) is 0 Å². The lowest BCUT2D eigenvalue weighted by molar-refractivity contribution is 0.242. The minimum Gasteiger partial charge on any atom is -0.507 e. The quantitative estimate of drug-likeness (QED) is 0.214. The summed E-state index contributed by atoms with van der Waals surface area (Å²) in [5, 5.41) is 11.9. The first-order valence-corrected chi connectivity index (χ1v) is 13.6. The van der Waals surface area contributed by atoms with Crippen molar-refractivity contribution in [3.63, 3.8) is 0 Å². The maximum Gasteiger partial charge on any atom is 0.128 e. The van der Waals surface area contributed by atoms with Crippen LogP contribution in [0.2, 0.25) is 0 Å². The Morgan fingerprint density at radius 1 is 0.757 bits per heavy atom. The SMILES string of the molecule is CC1CCCC(N=Cc2cc(-c3ccccc3)cc(C(C)(c3ccccc3)c3ccccc3)c2O)C1C. The van der Waals surface area contributed by atoms with Crippen molar-refractivity contribution in [2.24, 2.45) is 16.8 Å². The Hall–Kier alpha value is -3.65. The number of phenols is 1. The van der Waals surface area contributed by atoms with Crippen LogP contribution < -0.4 is 0 Å². The van der Waals surface area contributed by atoms with Crippen molar-refractivity contribution in [1.29, 1.82) is 0 Å². The standard InChI is InChI=1S/C35H37NO/c1-25-14-13-21-33(26(25)2)36-24-29-22-28(27-15-7-4-8-16-27)23-32(34(29)37)35(3,30-17-9-5-10-18-30)31-19-11-6-12-20-31/h4-12,15-20,22-26,33,37H,13-14,21H2,1-3H3. The molecular formula is C35H37NO. The summed E-state index contributed by atoms with van der Waals surface area (Å²) in [7, 11) is 0. The molecule has 3 atom stereocenters. The molecule has 4 aromatic rings. The van der Waals surface area contributed by atoms with Crippen molar-refractivity contribution in [3.05, 3.63) is 125 Å². The number of rotatable bonds is 6. The van der Waals surface area contributed by atoms with Gasteiger partial charge in [0.15, 0.2) is 0 Å². The monoisotopic (exact) mass is 487 g/mol. The largest absolute Gasteiger partial charge is 0.507 e. The molecule has 1 aliphatic carbocycles. The van der Waals surface area contributed by atoms with Crippen LogP contribution in [0.1, 0.15) is 62.3 Å². The van der Waals surface area contributed by atoms with Gasteiger partial charge in [0.2, 0.25) is 0 Å². The lowest BCUT2D eigenvalue weighted by Crippen LogP contribution is -2.27. The average molecular weight is 488 g/mol. The number of phenolic OH excluding ortho intramolecular Hbond substituents is 1. The summed E-state index contributed by atoms with van der Waals surface area (Å²) < 4.78 is 0. The first kappa shape index (κ1) is 25.0. The van der Waals surface area contributed by atoms with E-state index in [9.17, 15) is 5.11 Å². The third-order valence-corrected chi connectivity index (χ3v) is 8.56. The number of benzene rings is 4. The zero-order chi connectivity index (χ0) is 25.8. The molecule has 1 fully saturated rings. The number of hydrogen-bond acceptors (Lipinski definition) is 2. The van der Waals surface area contributed by atoms with Crippen LogP contribution in [-0.4, -0.2) is 17.4 Å². The molecular weight excluding hydrogens is 450 g/mol. The highest BCUT2D eigenvalue weighted by molar-refractivity contribution is 5.88. The summed E-state index contributed by atoms with van der Waals surface area (Å²) in [6.07, 6.45) is 5.54. The highest BCUT2D eigenvalue weighted by Gasteiger charge is 2.35. The van der Waals surface area contributed by atoms with E-state index < -0.39 is 5.41 Å². The Morgan fingerprint density at radius 2 is 1.32 bits per heavy atom. The molecule has 0 aliphatic heterocycles. The molecule has 3 unspecified atom stereocenters. The molecule has 1 N–H and O–H groups in total. The fraction of sp³-hybridized carbons (Fsp3) is 0.286. The van der Waals surface area contributed by atoms with Gasteiger partial charge in [0.05, 0.1) is 6.04 Å². The van der Waals surface area contributed by atoms with Crippen molar-refractivity contribution in [2.75, 3.05) is 0 Å². The number of aliphatic imine (C=N–C) groups is 1. The number of nitrogens with zero attached hydrogens (tertiary/aromatic N) is 1. The van der Waals surface area contributed by atoms with E-state index in [0.29, 0.717) is 23.6 Å². The zero-order valence-electron chi connectivity index (χ0n) is 22.1. The van der Waals surface area contributed by atoms with Crippen molar-refractivity contribution in [3.8, 4) is 16.9 Å². The van der Waals surface area contributed by atoms with Gasteiger partial charge in [-0.3, -0.25) is 4.99 Å². The van der Waals surface area contributed by atoms with Crippen LogP contribution in [-0.2, 0) is 5.41 Å². The average Bonchev–Trinajstić information content (AvgIpc) is 2.95. The first-order chi connectivity index (χ1) is 18.0. The maximum absolute atomic E-state index is 11.9. The molecule has 0 spiro atoms. The highest BCUT2D eigenvalue weighted by Crippen LogP contribution is 2.45. The molecule has 188 valence electrons. The summed E-state index contributed by atoms with van der Waals surface area (Å²) in [6.45, 7) is 6.87. The second-order valence-corrected chi connectivity index (χ2v) is 10.8. The second kappa shape index (κ2) is 10.8. The second-order valence-electron chi connectivity index (χ2n) is 10.8. The van der Waals surface area contributed by atoms with Gasteiger partial charge in [-0.15, -0.1) is 0 Å². The molecule has 37 heavy (non-hydrogen) atoms. The summed E-state index contributed by atoms with van der Waals surface area (Å²) in [6, 6.07) is 36.0. The highest BCUT2D eigenvalue weighted by atomic mass is 16.3. The molecule has 1 saturated carbocycles. The van der Waals surface area contributed by atoms with Crippen LogP contribution in [0.5, 0.6) is 5.75 Å². The maximum atomic E-state index is 11.9. The Labute approximate surface area is 221 Å². The molecule has 0 aromatic heterocycles. The van der Waals surface area contributed by atoms with E-state index in [2.05, 4.69) is 106 Å².